The first kappa shape index (κ1) is 20.0. The number of carbonyl (C=O) groups excluding carboxylic acids is 1. The zero-order valence-corrected chi connectivity index (χ0v) is 17.3. The predicted molar refractivity (Wildman–Crippen MR) is 111 cm³/mol. The Morgan fingerprint density at radius 3 is 2.65 bits per heavy atom. The Balaban J connectivity index is 1.53. The molecule has 1 atom stereocenters. The molecule has 0 saturated carbocycles. The van der Waals surface area contributed by atoms with Crippen molar-refractivity contribution in [3.63, 3.8) is 0 Å². The van der Waals surface area contributed by atoms with Crippen LogP contribution >= 0.6 is 11.6 Å². The second-order valence-electron chi connectivity index (χ2n) is 7.85. The first-order chi connectivity index (χ1) is 14.8. The fourth-order valence-electron chi connectivity index (χ4n) is 4.40. The van der Waals surface area contributed by atoms with Gasteiger partial charge in [-0.1, -0.05) is 17.7 Å². The molecule has 9 heteroatoms. The smallest absolute Gasteiger partial charge is 0.320 e. The van der Waals surface area contributed by atoms with E-state index in [1.165, 1.54) is 4.90 Å². The van der Waals surface area contributed by atoms with Crippen LogP contribution in [0.15, 0.2) is 35.1 Å². The molecule has 1 aromatic heterocycles. The lowest BCUT2D eigenvalue weighted by Crippen LogP contribution is -2.43. The van der Waals surface area contributed by atoms with E-state index in [9.17, 15) is 18.4 Å². The van der Waals surface area contributed by atoms with Crippen LogP contribution in [0.3, 0.4) is 0 Å². The first-order valence-corrected chi connectivity index (χ1v) is 10.1. The maximum atomic E-state index is 14.0. The van der Waals surface area contributed by atoms with Gasteiger partial charge in [0, 0.05) is 36.4 Å². The van der Waals surface area contributed by atoms with Gasteiger partial charge in [0.1, 0.15) is 0 Å². The molecule has 0 radical (unpaired) electrons. The summed E-state index contributed by atoms with van der Waals surface area (Å²) in [5.41, 5.74) is 2.50. The second kappa shape index (κ2) is 7.32. The average Bonchev–Trinajstić information content (AvgIpc) is 3.17. The third-order valence-electron chi connectivity index (χ3n) is 5.97. The lowest BCUT2D eigenvalue weighted by atomic mass is 9.95. The Morgan fingerprint density at radius 1 is 1.16 bits per heavy atom. The van der Waals surface area contributed by atoms with Crippen LogP contribution in [0.2, 0.25) is 5.02 Å². The SMILES string of the molecule is CN(C(=O)N1Cc2ccc(Cl)cc2C1)[C@H]1COCc2[nH]c(=O)c3cc(F)c(F)cc3c21. The number of carbonyl (C=O) groups is 1. The number of hydrogen-bond donors (Lipinski definition) is 1. The molecule has 2 amide bonds. The van der Waals surface area contributed by atoms with Gasteiger partial charge in [-0.3, -0.25) is 4.79 Å². The van der Waals surface area contributed by atoms with Crippen LogP contribution in [0.4, 0.5) is 13.6 Å². The van der Waals surface area contributed by atoms with Gasteiger partial charge >= 0.3 is 6.03 Å². The van der Waals surface area contributed by atoms with Crippen molar-refractivity contribution < 1.29 is 18.3 Å². The summed E-state index contributed by atoms with van der Waals surface area (Å²) < 4.78 is 33.4. The number of rotatable bonds is 1. The summed E-state index contributed by atoms with van der Waals surface area (Å²) in [6, 6.07) is 6.63. The fourth-order valence-corrected chi connectivity index (χ4v) is 4.60. The zero-order valence-electron chi connectivity index (χ0n) is 16.5. The van der Waals surface area contributed by atoms with Crippen molar-refractivity contribution in [1.82, 2.24) is 14.8 Å². The molecule has 0 aliphatic carbocycles. The minimum atomic E-state index is -1.10. The summed E-state index contributed by atoms with van der Waals surface area (Å²) >= 11 is 6.07. The summed E-state index contributed by atoms with van der Waals surface area (Å²) in [5, 5.41) is 0.927. The summed E-state index contributed by atoms with van der Waals surface area (Å²) in [5.74, 6) is -2.15. The minimum absolute atomic E-state index is 0.0358. The van der Waals surface area contributed by atoms with E-state index < -0.39 is 23.2 Å². The van der Waals surface area contributed by atoms with E-state index in [-0.39, 0.29) is 30.0 Å². The molecule has 0 spiro atoms. The van der Waals surface area contributed by atoms with Gasteiger partial charge in [0.05, 0.1) is 24.6 Å². The number of likely N-dealkylation sites (N-methyl/N-ethyl adjacent to an activating group) is 1. The van der Waals surface area contributed by atoms with Crippen molar-refractivity contribution in [1.29, 1.82) is 0 Å². The minimum Gasteiger partial charge on any atom is -0.373 e. The van der Waals surface area contributed by atoms with E-state index in [0.717, 1.165) is 23.3 Å². The summed E-state index contributed by atoms with van der Waals surface area (Å²) in [4.78, 5) is 31.6. The lowest BCUT2D eigenvalue weighted by molar-refractivity contribution is 0.0438. The van der Waals surface area contributed by atoms with Crippen molar-refractivity contribution in [2.75, 3.05) is 13.7 Å². The zero-order chi connectivity index (χ0) is 21.9. The van der Waals surface area contributed by atoms with E-state index in [0.29, 0.717) is 29.4 Å². The Bertz CT molecular complexity index is 1290. The molecule has 31 heavy (non-hydrogen) atoms. The number of halogens is 3. The van der Waals surface area contributed by atoms with Crippen molar-refractivity contribution in [3.8, 4) is 0 Å². The maximum Gasteiger partial charge on any atom is 0.320 e. The molecule has 6 nitrogen and oxygen atoms in total. The number of pyridine rings is 1. The maximum absolute atomic E-state index is 14.0. The number of ether oxygens (including phenoxy) is 1. The fraction of sp³-hybridized carbons (Fsp3) is 0.273. The summed E-state index contributed by atoms with van der Waals surface area (Å²) in [6.45, 7) is 1.15. The number of aromatic nitrogens is 1. The van der Waals surface area contributed by atoms with Gasteiger partial charge in [0.2, 0.25) is 0 Å². The molecule has 0 bridgehead atoms. The summed E-state index contributed by atoms with van der Waals surface area (Å²) in [7, 11) is 1.64. The van der Waals surface area contributed by atoms with Gasteiger partial charge in [0.15, 0.2) is 11.6 Å². The number of fused-ring (bicyclic) bond motifs is 4. The molecular weight excluding hydrogens is 428 g/mol. The standard InChI is InChI=1S/C22H18ClF2N3O3/c1-27(22(30)28-7-11-2-3-13(23)4-12(11)8-28)19-10-31-9-18-20(19)14-5-16(24)17(25)6-15(14)21(29)26-18/h2-6,19H,7-10H2,1H3,(H,26,29)/t19-/m0/s1. The molecule has 0 unspecified atom stereocenters. The largest absolute Gasteiger partial charge is 0.373 e. The number of amides is 2. The van der Waals surface area contributed by atoms with Crippen LogP contribution in [0.25, 0.3) is 10.8 Å². The highest BCUT2D eigenvalue weighted by atomic mass is 35.5. The second-order valence-corrected chi connectivity index (χ2v) is 8.29. The van der Waals surface area contributed by atoms with Crippen molar-refractivity contribution in [2.45, 2.75) is 25.7 Å². The van der Waals surface area contributed by atoms with E-state index in [2.05, 4.69) is 4.98 Å². The number of nitrogens with one attached hydrogen (secondary N) is 1. The van der Waals surface area contributed by atoms with Crippen LogP contribution in [-0.2, 0) is 24.4 Å². The Morgan fingerprint density at radius 2 is 1.87 bits per heavy atom. The number of nitrogens with zero attached hydrogens (tertiary/aromatic N) is 2. The van der Waals surface area contributed by atoms with Crippen LogP contribution in [0, 0.1) is 11.6 Å². The number of aromatic amines is 1. The average molecular weight is 446 g/mol. The topological polar surface area (TPSA) is 65.6 Å². The van der Waals surface area contributed by atoms with Crippen LogP contribution < -0.4 is 5.56 Å². The van der Waals surface area contributed by atoms with Crippen molar-refractivity contribution in [3.05, 3.63) is 79.7 Å². The molecule has 160 valence electrons. The molecule has 3 aromatic rings. The van der Waals surface area contributed by atoms with Crippen LogP contribution in [-0.4, -0.2) is 34.5 Å². The molecule has 0 fully saturated rings. The van der Waals surface area contributed by atoms with Crippen molar-refractivity contribution in [2.24, 2.45) is 0 Å². The number of H-pyrrole nitrogens is 1. The molecular formula is C22H18ClF2N3O3. The van der Waals surface area contributed by atoms with Crippen molar-refractivity contribution >= 4 is 28.4 Å². The monoisotopic (exact) mass is 445 g/mol. The van der Waals surface area contributed by atoms with Crippen LogP contribution in [0.5, 0.6) is 0 Å². The first-order valence-electron chi connectivity index (χ1n) is 9.74. The molecule has 5 rings (SSSR count). The van der Waals surface area contributed by atoms with Gasteiger partial charge < -0.3 is 19.5 Å². The molecule has 2 aliphatic rings. The quantitative estimate of drug-likeness (QED) is 0.613. The molecule has 2 aliphatic heterocycles. The third kappa shape index (κ3) is 3.26. The van der Waals surface area contributed by atoms with E-state index in [1.54, 1.807) is 18.0 Å². The number of hydrogen-bond acceptors (Lipinski definition) is 3. The molecule has 1 N–H and O–H groups in total. The molecule has 0 saturated heterocycles. The van der Waals surface area contributed by atoms with E-state index in [1.807, 2.05) is 12.1 Å². The Kier molecular flexibility index (Phi) is 4.71. The molecule has 3 heterocycles. The predicted octanol–water partition coefficient (Wildman–Crippen LogP) is 4.10. The number of benzene rings is 2. The van der Waals surface area contributed by atoms with Gasteiger partial charge in [0.25, 0.3) is 5.56 Å². The Hall–Kier alpha value is -2.97. The number of urea groups is 1. The van der Waals surface area contributed by atoms with Gasteiger partial charge in [-0.25, -0.2) is 13.6 Å². The highest BCUT2D eigenvalue weighted by molar-refractivity contribution is 6.30. The highest BCUT2D eigenvalue weighted by Gasteiger charge is 2.34. The third-order valence-corrected chi connectivity index (χ3v) is 6.21. The van der Waals surface area contributed by atoms with E-state index >= 15 is 0 Å². The normalized spacial score (nSPS) is 17.5. The van der Waals surface area contributed by atoms with E-state index in [4.69, 9.17) is 16.3 Å². The summed E-state index contributed by atoms with van der Waals surface area (Å²) in [6.07, 6.45) is 0. The van der Waals surface area contributed by atoms with Crippen LogP contribution in [0.1, 0.15) is 28.4 Å². The van der Waals surface area contributed by atoms with Gasteiger partial charge in [-0.15, -0.1) is 0 Å². The van der Waals surface area contributed by atoms with Gasteiger partial charge in [-0.05, 0) is 40.8 Å². The molecule has 2 aromatic carbocycles. The Labute approximate surface area is 181 Å². The lowest BCUT2D eigenvalue weighted by Gasteiger charge is -2.35. The highest BCUT2D eigenvalue weighted by Crippen LogP contribution is 2.35. The van der Waals surface area contributed by atoms with Gasteiger partial charge in [-0.2, -0.15) is 0 Å².